The van der Waals surface area contributed by atoms with Crippen molar-refractivity contribution in [3.8, 4) is 5.75 Å². The van der Waals surface area contributed by atoms with E-state index in [-0.39, 0.29) is 0 Å². The minimum Gasteiger partial charge on any atom is -0.486 e. The first-order valence-electron chi connectivity index (χ1n) is 14.0. The summed E-state index contributed by atoms with van der Waals surface area (Å²) >= 11 is 0. The van der Waals surface area contributed by atoms with Crippen LogP contribution in [0.4, 0.5) is 13.2 Å². The molecule has 0 spiro atoms. The molecular formula is C17H18F3NO. The molecule has 0 unspecified atom stereocenters. The molecule has 1 atom stereocenters. The Kier molecular flexibility index (Phi) is 1.66. The molecule has 0 radical (unpaired) electrons. The van der Waals surface area contributed by atoms with E-state index in [2.05, 4.69) is 0 Å². The first kappa shape index (κ1) is 4.99. The zero-order valence-corrected chi connectivity index (χ0v) is 10.5. The second-order valence-corrected chi connectivity index (χ2v) is 3.51. The van der Waals surface area contributed by atoms with Gasteiger partial charge >= 0.3 is 6.18 Å². The molecule has 0 amide bonds. The van der Waals surface area contributed by atoms with Gasteiger partial charge in [0.1, 0.15) is 11.8 Å². The first-order chi connectivity index (χ1) is 17.2. The molecule has 0 heterocycles. The smallest absolute Gasteiger partial charge is 0.416 e. The summed E-state index contributed by atoms with van der Waals surface area (Å²) in [6, 6.07) is -13.0. The molecule has 0 aliphatic rings. The molecule has 2 aromatic rings. The third kappa shape index (κ3) is 4.49. The number of alkyl halides is 3. The van der Waals surface area contributed by atoms with Gasteiger partial charge in [-0.25, -0.2) is 0 Å². The third-order valence-corrected chi connectivity index (χ3v) is 2.06. The first-order valence-corrected chi connectivity index (χ1v) is 5.48. The maximum atomic E-state index is 13.4. The Labute approximate surface area is 151 Å². The van der Waals surface area contributed by atoms with Crippen molar-refractivity contribution in [2.24, 2.45) is 0 Å². The summed E-state index contributed by atoms with van der Waals surface area (Å²) in [4.78, 5) is 0. The Morgan fingerprint density at radius 1 is 1.23 bits per heavy atom. The van der Waals surface area contributed by atoms with Crippen molar-refractivity contribution < 1.29 is 41.2 Å². The second kappa shape index (κ2) is 7.31. The molecule has 0 fully saturated rings. The molecule has 22 heavy (non-hydrogen) atoms. The van der Waals surface area contributed by atoms with Crippen LogP contribution in [0.15, 0.2) is 54.4 Å². The molecule has 1 N–H and O–H groups in total. The molecule has 118 valence electrons. The normalized spacial score (nSPS) is 27.3. The SMILES string of the molecule is [2H]c1c([2H])c([2H])c([C@]([2H])(Oc2c([2H])c([2H])c(C(F)(F)F)c([2H])c2[2H])C([2H])([2H])C([2H])([2H])NC([2H])([2H])[2H])c([2H])c1[2H]. The fraction of sp³-hybridized carbons (Fsp3) is 0.294. The topological polar surface area (TPSA) is 21.3 Å². The van der Waals surface area contributed by atoms with Crippen molar-refractivity contribution in [3.63, 3.8) is 0 Å². The summed E-state index contributed by atoms with van der Waals surface area (Å²) in [5.74, 6) is -1.58. The van der Waals surface area contributed by atoms with Gasteiger partial charge in [0, 0.05) is 16.0 Å². The van der Waals surface area contributed by atoms with Gasteiger partial charge in [-0.1, -0.05) is 30.2 Å². The summed E-state index contributed by atoms with van der Waals surface area (Å²) in [6.45, 7) is -7.34. The van der Waals surface area contributed by atoms with Crippen molar-refractivity contribution in [3.05, 3.63) is 65.5 Å². The highest BCUT2D eigenvalue weighted by Gasteiger charge is 2.30. The average molecular weight is 326 g/mol. The minimum absolute atomic E-state index is 1.06. The molecule has 0 aliphatic carbocycles. The van der Waals surface area contributed by atoms with E-state index >= 15 is 0 Å². The van der Waals surface area contributed by atoms with Crippen LogP contribution in [0.2, 0.25) is 0 Å². The van der Waals surface area contributed by atoms with Crippen molar-refractivity contribution in [1.29, 1.82) is 0 Å². The van der Waals surface area contributed by atoms with Gasteiger partial charge in [0.05, 0.1) is 19.3 Å². The lowest BCUT2D eigenvalue weighted by molar-refractivity contribution is -0.137. The van der Waals surface area contributed by atoms with E-state index in [9.17, 15) is 13.2 Å². The standard InChI is InChI=1S/C17H18F3NO/c1-21-12-11-16(13-5-3-2-4-6-13)22-15-9-7-14(8-10-15)17(18,19)20/h2-10,16,21H,11-12H2,1H3/t16-/m1/s1/i1D3,2D,3D,4D,5D,6D,7D,8D,9D,10D,11D2,12D2,16D. The lowest BCUT2D eigenvalue weighted by Gasteiger charge is -2.20. The van der Waals surface area contributed by atoms with Crippen LogP contribution in [-0.2, 0) is 6.18 Å². The summed E-state index contributed by atoms with van der Waals surface area (Å²) in [6.07, 6.45) is -13.6. The van der Waals surface area contributed by atoms with E-state index in [0.717, 1.165) is 0 Å². The van der Waals surface area contributed by atoms with Gasteiger partial charge in [-0.3, -0.25) is 0 Å². The summed E-state index contributed by atoms with van der Waals surface area (Å²) in [5, 5.41) is 1.25. The van der Waals surface area contributed by atoms with E-state index in [1.165, 1.54) is 5.32 Å². The zero-order chi connectivity index (χ0) is 30.8. The van der Waals surface area contributed by atoms with Crippen LogP contribution in [0.1, 0.15) is 46.9 Å². The number of hydrogen-bond donors (Lipinski definition) is 1. The molecular weight excluding hydrogens is 291 g/mol. The molecule has 0 saturated carbocycles. The fourth-order valence-electron chi connectivity index (χ4n) is 1.19. The van der Waals surface area contributed by atoms with Crippen molar-refractivity contribution >= 4 is 0 Å². The predicted molar refractivity (Wildman–Crippen MR) is 79.8 cm³/mol. The summed E-state index contributed by atoms with van der Waals surface area (Å²) in [7, 11) is 0. The molecule has 5 heteroatoms. The zero-order valence-electron chi connectivity index (χ0n) is 27.5. The summed E-state index contributed by atoms with van der Waals surface area (Å²) in [5.41, 5.74) is -3.54. The van der Waals surface area contributed by atoms with Crippen molar-refractivity contribution in [2.45, 2.75) is 18.6 Å². The minimum atomic E-state index is -5.42. The monoisotopic (exact) mass is 326 g/mol. The van der Waals surface area contributed by atoms with Gasteiger partial charge in [0.25, 0.3) is 0 Å². The molecule has 0 aliphatic heterocycles. The molecule has 0 saturated heterocycles. The fourth-order valence-corrected chi connectivity index (χ4v) is 1.19. The van der Waals surface area contributed by atoms with Crippen LogP contribution in [0.5, 0.6) is 5.75 Å². The molecule has 2 rings (SSSR count). The van der Waals surface area contributed by atoms with Gasteiger partial charge in [-0.05, 0) is 43.2 Å². The Morgan fingerprint density at radius 3 is 2.50 bits per heavy atom. The van der Waals surface area contributed by atoms with Crippen LogP contribution >= 0.6 is 0 Å². The van der Waals surface area contributed by atoms with Crippen molar-refractivity contribution in [1.82, 2.24) is 5.32 Å². The van der Waals surface area contributed by atoms with Gasteiger partial charge in [0.2, 0.25) is 0 Å². The highest BCUT2D eigenvalue weighted by molar-refractivity contribution is 5.30. The van der Waals surface area contributed by atoms with Crippen LogP contribution in [0, 0.1) is 0 Å². The average Bonchev–Trinajstić information content (AvgIpc) is 2.75. The predicted octanol–water partition coefficient (Wildman–Crippen LogP) is 4.44. The number of benzene rings is 2. The number of hydrogen-bond acceptors (Lipinski definition) is 2. The van der Waals surface area contributed by atoms with E-state index in [4.69, 9.17) is 28.0 Å². The molecule has 2 aromatic carbocycles. The Hall–Kier alpha value is -2.01. The maximum absolute atomic E-state index is 13.4. The van der Waals surface area contributed by atoms with E-state index < -0.39 is 103 Å². The lowest BCUT2D eigenvalue weighted by Crippen LogP contribution is -2.16. The van der Waals surface area contributed by atoms with Crippen LogP contribution in [0.3, 0.4) is 0 Å². The Bertz CT molecular complexity index is 1250. The van der Waals surface area contributed by atoms with Gasteiger partial charge in [-0.2, -0.15) is 13.2 Å². The lowest BCUT2D eigenvalue weighted by atomic mass is 10.1. The van der Waals surface area contributed by atoms with Gasteiger partial charge in [0.15, 0.2) is 0 Å². The second-order valence-electron chi connectivity index (χ2n) is 3.51. The maximum Gasteiger partial charge on any atom is 0.416 e. The quantitative estimate of drug-likeness (QED) is 0.847. The highest BCUT2D eigenvalue weighted by Crippen LogP contribution is 2.31. The van der Waals surface area contributed by atoms with Gasteiger partial charge < -0.3 is 10.1 Å². The van der Waals surface area contributed by atoms with E-state index in [0.29, 0.717) is 0 Å². The Morgan fingerprint density at radius 2 is 1.91 bits per heavy atom. The third-order valence-electron chi connectivity index (χ3n) is 2.06. The molecule has 2 nitrogen and oxygen atoms in total. The molecule has 0 aromatic heterocycles. The number of nitrogens with one attached hydrogen (secondary N) is 1. The summed E-state index contributed by atoms with van der Waals surface area (Å²) < 4.78 is 179. The van der Waals surface area contributed by atoms with Crippen LogP contribution in [-0.4, -0.2) is 13.5 Å². The number of halogens is 3. The van der Waals surface area contributed by atoms with E-state index in [1.54, 1.807) is 0 Å². The van der Waals surface area contributed by atoms with E-state index in [1.807, 2.05) is 0 Å². The largest absolute Gasteiger partial charge is 0.486 e. The van der Waals surface area contributed by atoms with Crippen LogP contribution < -0.4 is 10.1 Å². The highest BCUT2D eigenvalue weighted by atomic mass is 19.4. The number of rotatable bonds is 6. The Balaban J connectivity index is 3.09. The molecule has 0 bridgehead atoms. The number of ether oxygens (including phenoxy) is 1. The van der Waals surface area contributed by atoms with Crippen LogP contribution in [0.25, 0.3) is 0 Å². The van der Waals surface area contributed by atoms with Crippen molar-refractivity contribution in [2.75, 3.05) is 13.5 Å². The van der Waals surface area contributed by atoms with Gasteiger partial charge in [-0.15, -0.1) is 0 Å².